The van der Waals surface area contributed by atoms with Crippen LogP contribution in [0.4, 0.5) is 0 Å². The highest BCUT2D eigenvalue weighted by molar-refractivity contribution is 7.51. The number of nitrogens with two attached hydrogens (primary N) is 2. The Bertz CT molecular complexity index is 283. The molecule has 0 aromatic carbocycles. The molecule has 0 radical (unpaired) electrons. The number of nitrogens with zero attached hydrogens (tertiary/aromatic N) is 1. The lowest BCUT2D eigenvalue weighted by Crippen LogP contribution is -2.25. The van der Waals surface area contributed by atoms with Crippen LogP contribution in [-0.2, 0) is 9.36 Å². The lowest BCUT2D eigenvalue weighted by Gasteiger charge is -2.05. The van der Waals surface area contributed by atoms with Gasteiger partial charge in [0, 0.05) is 13.0 Å². The summed E-state index contributed by atoms with van der Waals surface area (Å²) in [5.74, 6) is -0.491. The molecule has 1 amide bonds. The predicted molar refractivity (Wildman–Crippen MR) is 55.0 cm³/mol. The molecule has 0 bridgehead atoms. The number of hydrogen-bond acceptors (Lipinski definition) is 3. The van der Waals surface area contributed by atoms with E-state index >= 15 is 0 Å². The number of hydrogen-bond donors (Lipinski definition) is 5. The second-order valence-electron chi connectivity index (χ2n) is 2.83. The molecule has 0 fully saturated rings. The Hall–Kier alpha value is -1.11. The van der Waals surface area contributed by atoms with Crippen molar-refractivity contribution in [3.05, 3.63) is 0 Å². The predicted octanol–water partition coefficient (Wildman–Crippen LogP) is -1.71. The third kappa shape index (κ3) is 10.8. The van der Waals surface area contributed by atoms with Crippen molar-refractivity contribution in [1.29, 1.82) is 0 Å². The second-order valence-corrected chi connectivity index (χ2v) is 4.48. The standard InChI is InChI=1S/C6H15N4O4P/c7-6(8)9-3-1-2-5(11)10-4-15(12,13)14/h1-4H2,(H,10,11)(H4,7,8,9)(H2,12,13,14). The van der Waals surface area contributed by atoms with Crippen LogP contribution in [0.2, 0.25) is 0 Å². The van der Waals surface area contributed by atoms with Crippen LogP contribution in [0.5, 0.6) is 0 Å². The first-order valence-corrected chi connectivity index (χ1v) is 5.97. The van der Waals surface area contributed by atoms with E-state index in [-0.39, 0.29) is 12.4 Å². The van der Waals surface area contributed by atoms with Crippen molar-refractivity contribution in [2.75, 3.05) is 12.8 Å². The Morgan fingerprint density at radius 3 is 2.47 bits per heavy atom. The van der Waals surface area contributed by atoms with Crippen molar-refractivity contribution in [1.82, 2.24) is 5.32 Å². The molecule has 0 rings (SSSR count). The molecule has 0 aliphatic carbocycles. The Kier molecular flexibility index (Phi) is 5.92. The molecule has 0 atom stereocenters. The van der Waals surface area contributed by atoms with Gasteiger partial charge in [-0.1, -0.05) is 0 Å². The highest BCUT2D eigenvalue weighted by atomic mass is 31.2. The van der Waals surface area contributed by atoms with Crippen LogP contribution in [0.15, 0.2) is 4.99 Å². The van der Waals surface area contributed by atoms with Crippen molar-refractivity contribution >= 4 is 19.5 Å². The fourth-order valence-electron chi connectivity index (χ4n) is 0.727. The average Bonchev–Trinajstić information content (AvgIpc) is 2.07. The van der Waals surface area contributed by atoms with E-state index in [1.54, 1.807) is 0 Å². The third-order valence-electron chi connectivity index (χ3n) is 1.34. The molecule has 88 valence electrons. The summed E-state index contributed by atoms with van der Waals surface area (Å²) in [5.41, 5.74) is 10.1. The lowest BCUT2D eigenvalue weighted by molar-refractivity contribution is -0.120. The first kappa shape index (κ1) is 13.9. The maximum absolute atomic E-state index is 11.0. The van der Waals surface area contributed by atoms with Crippen LogP contribution in [0.25, 0.3) is 0 Å². The summed E-state index contributed by atoms with van der Waals surface area (Å²) in [6.07, 6.45) is -0.101. The molecule has 0 heterocycles. The van der Waals surface area contributed by atoms with Crippen molar-refractivity contribution in [2.45, 2.75) is 12.8 Å². The number of carbonyl (C=O) groups excluding carboxylic acids is 1. The summed E-state index contributed by atoms with van der Waals surface area (Å²) in [4.78, 5) is 31.5. The van der Waals surface area contributed by atoms with Gasteiger partial charge >= 0.3 is 7.60 Å². The van der Waals surface area contributed by atoms with E-state index in [2.05, 4.69) is 10.3 Å². The van der Waals surface area contributed by atoms with E-state index in [1.807, 2.05) is 0 Å². The van der Waals surface area contributed by atoms with Crippen LogP contribution in [-0.4, -0.2) is 34.5 Å². The van der Waals surface area contributed by atoms with E-state index in [1.165, 1.54) is 0 Å². The van der Waals surface area contributed by atoms with Crippen LogP contribution < -0.4 is 16.8 Å². The van der Waals surface area contributed by atoms with Gasteiger partial charge in [0.2, 0.25) is 5.91 Å². The first-order chi connectivity index (χ1) is 6.81. The monoisotopic (exact) mass is 238 g/mol. The zero-order chi connectivity index (χ0) is 11.9. The summed E-state index contributed by atoms with van der Waals surface area (Å²) in [7, 11) is -4.17. The van der Waals surface area contributed by atoms with Crippen LogP contribution in [0, 0.1) is 0 Å². The Morgan fingerprint density at radius 2 is 2.00 bits per heavy atom. The van der Waals surface area contributed by atoms with Gasteiger partial charge in [-0.25, -0.2) is 0 Å². The number of carbonyl (C=O) groups is 1. The lowest BCUT2D eigenvalue weighted by atomic mass is 10.3. The van der Waals surface area contributed by atoms with Crippen LogP contribution >= 0.6 is 7.60 Å². The number of nitrogens with one attached hydrogen (secondary N) is 1. The van der Waals surface area contributed by atoms with E-state index in [4.69, 9.17) is 21.3 Å². The summed E-state index contributed by atoms with van der Waals surface area (Å²) in [6.45, 7) is 0.311. The number of guanidine groups is 1. The summed E-state index contributed by atoms with van der Waals surface area (Å²) >= 11 is 0. The molecule has 15 heavy (non-hydrogen) atoms. The van der Waals surface area contributed by atoms with Crippen molar-refractivity contribution in [2.24, 2.45) is 16.5 Å². The van der Waals surface area contributed by atoms with E-state index in [0.29, 0.717) is 13.0 Å². The van der Waals surface area contributed by atoms with Gasteiger partial charge in [-0.15, -0.1) is 0 Å². The van der Waals surface area contributed by atoms with Crippen LogP contribution in [0.1, 0.15) is 12.8 Å². The minimum atomic E-state index is -4.17. The Balaban J connectivity index is 3.59. The molecule has 7 N–H and O–H groups in total. The van der Waals surface area contributed by atoms with Gasteiger partial charge in [0.25, 0.3) is 0 Å². The molecule has 8 nitrogen and oxygen atoms in total. The Morgan fingerprint density at radius 1 is 1.40 bits per heavy atom. The molecule has 0 aromatic heterocycles. The van der Waals surface area contributed by atoms with Gasteiger partial charge in [-0.3, -0.25) is 14.4 Å². The molecule has 9 heteroatoms. The summed E-state index contributed by atoms with van der Waals surface area (Å²) in [5, 5.41) is 2.10. The number of rotatable bonds is 6. The largest absolute Gasteiger partial charge is 0.370 e. The molecule has 0 aromatic rings. The molecule has 0 saturated heterocycles. The van der Waals surface area contributed by atoms with E-state index in [9.17, 15) is 9.36 Å². The summed E-state index contributed by atoms with van der Waals surface area (Å²) in [6, 6.07) is 0. The van der Waals surface area contributed by atoms with E-state index < -0.39 is 19.8 Å². The molecule has 0 spiro atoms. The van der Waals surface area contributed by atoms with E-state index in [0.717, 1.165) is 0 Å². The Labute approximate surface area is 86.9 Å². The third-order valence-corrected chi connectivity index (χ3v) is 1.91. The summed E-state index contributed by atoms with van der Waals surface area (Å²) < 4.78 is 10.4. The topological polar surface area (TPSA) is 151 Å². The maximum atomic E-state index is 11.0. The fourth-order valence-corrected chi connectivity index (χ4v) is 1.11. The normalized spacial score (nSPS) is 10.8. The van der Waals surface area contributed by atoms with Crippen molar-refractivity contribution < 1.29 is 19.1 Å². The SMILES string of the molecule is NC(N)=NCCCC(=O)NCP(=O)(O)O. The van der Waals surface area contributed by atoms with Gasteiger partial charge < -0.3 is 26.6 Å². The van der Waals surface area contributed by atoms with Crippen molar-refractivity contribution in [3.8, 4) is 0 Å². The fraction of sp³-hybridized carbons (Fsp3) is 0.667. The van der Waals surface area contributed by atoms with Crippen molar-refractivity contribution in [3.63, 3.8) is 0 Å². The molecular weight excluding hydrogens is 223 g/mol. The zero-order valence-corrected chi connectivity index (χ0v) is 8.98. The molecular formula is C6H15N4O4P. The minimum absolute atomic E-state index is 0.0503. The first-order valence-electron chi connectivity index (χ1n) is 4.18. The minimum Gasteiger partial charge on any atom is -0.370 e. The zero-order valence-electron chi connectivity index (χ0n) is 8.09. The smallest absolute Gasteiger partial charge is 0.344 e. The average molecular weight is 238 g/mol. The van der Waals surface area contributed by atoms with Gasteiger partial charge in [0.05, 0.1) is 0 Å². The second kappa shape index (κ2) is 6.39. The molecule has 0 unspecified atom stereocenters. The maximum Gasteiger partial charge on any atom is 0.344 e. The van der Waals surface area contributed by atoms with Gasteiger partial charge in [0.15, 0.2) is 5.96 Å². The molecule has 0 saturated carbocycles. The molecule has 0 aliphatic rings. The van der Waals surface area contributed by atoms with Gasteiger partial charge in [0.1, 0.15) is 6.29 Å². The van der Waals surface area contributed by atoms with Crippen LogP contribution in [0.3, 0.4) is 0 Å². The number of amides is 1. The quantitative estimate of drug-likeness (QED) is 0.161. The van der Waals surface area contributed by atoms with Gasteiger partial charge in [-0.2, -0.15) is 0 Å². The van der Waals surface area contributed by atoms with Gasteiger partial charge in [-0.05, 0) is 6.42 Å². The highest BCUT2D eigenvalue weighted by Gasteiger charge is 2.13. The number of aliphatic imine (C=N–C) groups is 1. The molecule has 0 aliphatic heterocycles. The highest BCUT2D eigenvalue weighted by Crippen LogP contribution is 2.31.